The predicted octanol–water partition coefficient (Wildman–Crippen LogP) is 4.73. The molecular formula is C27H46O4. The monoisotopic (exact) mass is 434 g/mol. The Morgan fingerprint density at radius 3 is 2.39 bits per heavy atom. The van der Waals surface area contributed by atoms with Gasteiger partial charge in [-0.2, -0.15) is 0 Å². The zero-order valence-electron chi connectivity index (χ0n) is 20.4. The topological polar surface area (TPSA) is 77.8 Å². The standard InChI is InChI=1S/C27H46O4/c1-16(2)7-6-8-17(3)19-9-10-20-22-24(30)23(29)21-15-18(28)11-12-26(21,5)27(22,31)14-13-25(19,20)4/h16-22,24,28,30-31H,6-15H2,1-5H3/t17?,18-,19?,20?,21?,22?,24-,25+,26-,27+/m0/s1. The molecule has 0 spiro atoms. The van der Waals surface area contributed by atoms with Crippen LogP contribution in [0.25, 0.3) is 0 Å². The number of ketones is 1. The van der Waals surface area contributed by atoms with Crippen LogP contribution in [0.15, 0.2) is 0 Å². The summed E-state index contributed by atoms with van der Waals surface area (Å²) >= 11 is 0. The number of rotatable bonds is 5. The number of Topliss-reactive ketones (excluding diaryl/α,β-unsaturated/α-hetero) is 1. The fraction of sp³-hybridized carbons (Fsp3) is 0.963. The van der Waals surface area contributed by atoms with Crippen LogP contribution >= 0.6 is 0 Å². The zero-order chi connectivity index (χ0) is 22.8. The molecule has 0 heterocycles. The van der Waals surface area contributed by atoms with Crippen LogP contribution in [0.3, 0.4) is 0 Å². The van der Waals surface area contributed by atoms with Crippen LogP contribution in [0, 0.1) is 46.3 Å². The summed E-state index contributed by atoms with van der Waals surface area (Å²) in [5.41, 5.74) is -1.45. The van der Waals surface area contributed by atoms with Gasteiger partial charge in [0, 0.05) is 17.3 Å². The molecule has 4 heteroatoms. The number of aliphatic hydroxyl groups is 3. The average Bonchev–Trinajstić information content (AvgIpc) is 3.05. The van der Waals surface area contributed by atoms with Gasteiger partial charge in [-0.1, -0.05) is 53.9 Å². The number of fused-ring (bicyclic) bond motifs is 5. The Hall–Kier alpha value is -0.450. The van der Waals surface area contributed by atoms with E-state index in [0.29, 0.717) is 37.5 Å². The number of carbonyl (C=O) groups excluding carboxylic acids is 1. The van der Waals surface area contributed by atoms with Gasteiger partial charge in [0.25, 0.3) is 0 Å². The van der Waals surface area contributed by atoms with Crippen molar-refractivity contribution in [3.05, 3.63) is 0 Å². The van der Waals surface area contributed by atoms with E-state index in [9.17, 15) is 20.1 Å². The highest BCUT2D eigenvalue weighted by Crippen LogP contribution is 2.69. The molecule has 0 aromatic rings. The Balaban J connectivity index is 1.60. The highest BCUT2D eigenvalue weighted by molar-refractivity contribution is 5.88. The van der Waals surface area contributed by atoms with Crippen LogP contribution in [-0.2, 0) is 4.79 Å². The molecule has 4 nitrogen and oxygen atoms in total. The maximum atomic E-state index is 13.3. The van der Waals surface area contributed by atoms with Crippen LogP contribution in [0.1, 0.15) is 98.8 Å². The normalized spacial score (nSPS) is 50.7. The van der Waals surface area contributed by atoms with Crippen molar-refractivity contribution in [3.8, 4) is 0 Å². The summed E-state index contributed by atoms with van der Waals surface area (Å²) in [7, 11) is 0. The van der Waals surface area contributed by atoms with E-state index in [-0.39, 0.29) is 23.0 Å². The summed E-state index contributed by atoms with van der Waals surface area (Å²) < 4.78 is 0. The first-order chi connectivity index (χ1) is 14.5. The van der Waals surface area contributed by atoms with Crippen LogP contribution in [-0.4, -0.2) is 38.9 Å². The summed E-state index contributed by atoms with van der Waals surface area (Å²) in [4.78, 5) is 13.3. The second-order valence-electron chi connectivity index (χ2n) is 12.8. The van der Waals surface area contributed by atoms with E-state index in [1.807, 2.05) is 0 Å². The van der Waals surface area contributed by atoms with Crippen molar-refractivity contribution in [1.29, 1.82) is 0 Å². The SMILES string of the molecule is CC(C)CCCC(C)C1CCC2C3[C@H](O)C(=O)C4C[C@@H](O)CC[C@]4(C)[C@@]3(O)CC[C@]12C. The minimum Gasteiger partial charge on any atom is -0.393 e. The van der Waals surface area contributed by atoms with Gasteiger partial charge in [-0.3, -0.25) is 4.79 Å². The average molecular weight is 435 g/mol. The molecule has 0 aliphatic heterocycles. The minimum atomic E-state index is -1.09. The van der Waals surface area contributed by atoms with E-state index in [0.717, 1.165) is 25.2 Å². The largest absolute Gasteiger partial charge is 0.393 e. The van der Waals surface area contributed by atoms with E-state index < -0.39 is 29.1 Å². The van der Waals surface area contributed by atoms with Crippen LogP contribution in [0.5, 0.6) is 0 Å². The fourth-order valence-corrected chi connectivity index (χ4v) is 8.97. The number of hydrogen-bond acceptors (Lipinski definition) is 4. The molecule has 10 atom stereocenters. The maximum absolute atomic E-state index is 13.3. The summed E-state index contributed by atoms with van der Waals surface area (Å²) in [5, 5.41) is 33.7. The van der Waals surface area contributed by atoms with Gasteiger partial charge in [0.05, 0.1) is 11.7 Å². The van der Waals surface area contributed by atoms with E-state index in [1.165, 1.54) is 19.3 Å². The summed E-state index contributed by atoms with van der Waals surface area (Å²) in [6.45, 7) is 11.5. The van der Waals surface area contributed by atoms with Crippen molar-refractivity contribution in [2.75, 3.05) is 0 Å². The number of carbonyl (C=O) groups is 1. The Morgan fingerprint density at radius 2 is 1.71 bits per heavy atom. The molecule has 4 aliphatic rings. The van der Waals surface area contributed by atoms with E-state index in [1.54, 1.807) is 0 Å². The van der Waals surface area contributed by atoms with Crippen LogP contribution in [0.2, 0.25) is 0 Å². The second kappa shape index (κ2) is 8.09. The van der Waals surface area contributed by atoms with Crippen molar-refractivity contribution >= 4 is 5.78 Å². The molecule has 4 saturated carbocycles. The van der Waals surface area contributed by atoms with Gasteiger partial charge in [-0.25, -0.2) is 0 Å². The van der Waals surface area contributed by atoms with Gasteiger partial charge in [-0.05, 0) is 74.0 Å². The van der Waals surface area contributed by atoms with Crippen molar-refractivity contribution < 1.29 is 20.1 Å². The molecule has 0 aromatic heterocycles. The number of aliphatic hydroxyl groups excluding tert-OH is 2. The predicted molar refractivity (Wildman–Crippen MR) is 122 cm³/mol. The van der Waals surface area contributed by atoms with Gasteiger partial charge in [0.1, 0.15) is 6.10 Å². The smallest absolute Gasteiger partial charge is 0.165 e. The Labute approximate surface area is 189 Å². The summed E-state index contributed by atoms with van der Waals surface area (Å²) in [5.74, 6) is 1.29. The van der Waals surface area contributed by atoms with E-state index in [4.69, 9.17) is 0 Å². The van der Waals surface area contributed by atoms with Crippen molar-refractivity contribution in [3.63, 3.8) is 0 Å². The molecule has 31 heavy (non-hydrogen) atoms. The van der Waals surface area contributed by atoms with Gasteiger partial charge in [0.2, 0.25) is 0 Å². The van der Waals surface area contributed by atoms with Crippen molar-refractivity contribution in [2.45, 2.75) is 117 Å². The highest BCUT2D eigenvalue weighted by atomic mass is 16.3. The lowest BCUT2D eigenvalue weighted by Gasteiger charge is -2.65. The molecule has 0 aromatic carbocycles. The first-order valence-corrected chi connectivity index (χ1v) is 13.1. The molecule has 4 rings (SSSR count). The molecule has 4 fully saturated rings. The molecule has 0 amide bonds. The summed E-state index contributed by atoms with van der Waals surface area (Å²) in [6.07, 6.45) is 7.73. The Kier molecular flexibility index (Phi) is 6.19. The Bertz CT molecular complexity index is 691. The third-order valence-electron chi connectivity index (χ3n) is 10.9. The quantitative estimate of drug-likeness (QED) is 0.584. The first-order valence-electron chi connectivity index (χ1n) is 13.1. The molecule has 3 N–H and O–H groups in total. The van der Waals surface area contributed by atoms with Gasteiger partial charge in [0.15, 0.2) is 5.78 Å². The van der Waals surface area contributed by atoms with E-state index >= 15 is 0 Å². The van der Waals surface area contributed by atoms with Crippen LogP contribution < -0.4 is 0 Å². The molecular weight excluding hydrogens is 388 g/mol. The van der Waals surface area contributed by atoms with Gasteiger partial charge < -0.3 is 15.3 Å². The zero-order valence-corrected chi connectivity index (χ0v) is 20.4. The fourth-order valence-electron chi connectivity index (χ4n) is 8.97. The lowest BCUT2D eigenvalue weighted by molar-refractivity contribution is -0.257. The van der Waals surface area contributed by atoms with Crippen LogP contribution in [0.4, 0.5) is 0 Å². The minimum absolute atomic E-state index is 0.0901. The van der Waals surface area contributed by atoms with Gasteiger partial charge >= 0.3 is 0 Å². The molecule has 0 saturated heterocycles. The third-order valence-corrected chi connectivity index (χ3v) is 10.9. The molecule has 4 aliphatic carbocycles. The third kappa shape index (κ3) is 3.46. The number of hydrogen-bond donors (Lipinski definition) is 3. The van der Waals surface area contributed by atoms with Crippen molar-refractivity contribution in [1.82, 2.24) is 0 Å². The Morgan fingerprint density at radius 1 is 1.00 bits per heavy atom. The maximum Gasteiger partial charge on any atom is 0.165 e. The highest BCUT2D eigenvalue weighted by Gasteiger charge is 2.71. The molecule has 5 unspecified atom stereocenters. The lowest BCUT2D eigenvalue weighted by Crippen LogP contribution is -2.72. The summed E-state index contributed by atoms with van der Waals surface area (Å²) in [6, 6.07) is 0. The molecule has 0 radical (unpaired) electrons. The lowest BCUT2D eigenvalue weighted by atomic mass is 9.41. The second-order valence-corrected chi connectivity index (χ2v) is 12.8. The molecule has 178 valence electrons. The first kappa shape index (κ1) is 23.7. The molecule has 0 bridgehead atoms. The van der Waals surface area contributed by atoms with Gasteiger partial charge in [-0.15, -0.1) is 0 Å². The van der Waals surface area contributed by atoms with E-state index in [2.05, 4.69) is 34.6 Å². The van der Waals surface area contributed by atoms with Crippen molar-refractivity contribution in [2.24, 2.45) is 46.3 Å².